The SMILES string of the molecule is COc1ccc(CN2CC3=C(C2=O)[C@H](c2ccccc2C)NC(=O)N3)cc1. The molecular formula is C21H21N3O3. The molecule has 0 aromatic heterocycles. The minimum atomic E-state index is -0.427. The summed E-state index contributed by atoms with van der Waals surface area (Å²) in [6, 6.07) is 14.7. The van der Waals surface area contributed by atoms with Gasteiger partial charge < -0.3 is 20.3 Å². The molecule has 0 unspecified atom stereocenters. The molecule has 1 atom stereocenters. The van der Waals surface area contributed by atoms with Gasteiger partial charge in [0, 0.05) is 6.54 Å². The second-order valence-corrected chi connectivity index (χ2v) is 6.79. The zero-order valence-electron chi connectivity index (χ0n) is 15.3. The Morgan fingerprint density at radius 3 is 2.56 bits per heavy atom. The molecule has 2 N–H and O–H groups in total. The average Bonchev–Trinajstić information content (AvgIpc) is 2.97. The summed E-state index contributed by atoms with van der Waals surface area (Å²) in [6.07, 6.45) is 0. The number of methoxy groups -OCH3 is 1. The van der Waals surface area contributed by atoms with E-state index in [0.717, 1.165) is 22.4 Å². The monoisotopic (exact) mass is 363 g/mol. The van der Waals surface area contributed by atoms with E-state index in [2.05, 4.69) is 10.6 Å². The lowest BCUT2D eigenvalue weighted by Crippen LogP contribution is -2.44. The first-order valence-corrected chi connectivity index (χ1v) is 8.85. The molecule has 0 radical (unpaired) electrons. The van der Waals surface area contributed by atoms with Gasteiger partial charge in [0.05, 0.1) is 31.0 Å². The normalized spacial score (nSPS) is 18.9. The number of carbonyl (C=O) groups is 2. The van der Waals surface area contributed by atoms with Gasteiger partial charge in [0.1, 0.15) is 5.75 Å². The second kappa shape index (κ2) is 6.79. The van der Waals surface area contributed by atoms with Gasteiger partial charge in [-0.05, 0) is 35.7 Å². The summed E-state index contributed by atoms with van der Waals surface area (Å²) in [5.41, 5.74) is 4.30. The number of rotatable bonds is 4. The van der Waals surface area contributed by atoms with E-state index in [0.29, 0.717) is 24.4 Å². The lowest BCUT2D eigenvalue weighted by atomic mass is 9.93. The number of aryl methyl sites for hydroxylation is 1. The Bertz CT molecular complexity index is 934. The molecule has 2 aromatic rings. The predicted octanol–water partition coefficient (Wildman–Crippen LogP) is 2.65. The summed E-state index contributed by atoms with van der Waals surface area (Å²) in [4.78, 5) is 27.0. The van der Waals surface area contributed by atoms with E-state index in [1.54, 1.807) is 12.0 Å². The minimum Gasteiger partial charge on any atom is -0.497 e. The number of nitrogens with zero attached hydrogens (tertiary/aromatic N) is 1. The molecule has 27 heavy (non-hydrogen) atoms. The Labute approximate surface area is 157 Å². The van der Waals surface area contributed by atoms with Gasteiger partial charge >= 0.3 is 6.03 Å². The van der Waals surface area contributed by atoms with Crippen LogP contribution < -0.4 is 15.4 Å². The van der Waals surface area contributed by atoms with E-state index in [1.807, 2.05) is 55.5 Å². The Morgan fingerprint density at radius 2 is 1.85 bits per heavy atom. The third-order valence-corrected chi connectivity index (χ3v) is 5.05. The molecule has 0 saturated carbocycles. The lowest BCUT2D eigenvalue weighted by Gasteiger charge is -2.26. The van der Waals surface area contributed by atoms with Crippen molar-refractivity contribution < 1.29 is 14.3 Å². The van der Waals surface area contributed by atoms with Crippen LogP contribution in [0.5, 0.6) is 5.75 Å². The van der Waals surface area contributed by atoms with Gasteiger partial charge in [0.15, 0.2) is 0 Å². The smallest absolute Gasteiger partial charge is 0.319 e. The van der Waals surface area contributed by atoms with Crippen molar-refractivity contribution in [2.24, 2.45) is 0 Å². The van der Waals surface area contributed by atoms with Crippen molar-refractivity contribution in [3.8, 4) is 5.75 Å². The van der Waals surface area contributed by atoms with Gasteiger partial charge in [-0.2, -0.15) is 0 Å². The first kappa shape index (κ1) is 17.1. The third-order valence-electron chi connectivity index (χ3n) is 5.05. The average molecular weight is 363 g/mol. The van der Waals surface area contributed by atoms with Crippen molar-refractivity contribution in [3.05, 3.63) is 76.5 Å². The van der Waals surface area contributed by atoms with Crippen molar-refractivity contribution in [2.75, 3.05) is 13.7 Å². The Balaban J connectivity index is 1.61. The van der Waals surface area contributed by atoms with E-state index in [9.17, 15) is 9.59 Å². The molecule has 0 fully saturated rings. The van der Waals surface area contributed by atoms with E-state index in [1.165, 1.54) is 0 Å². The fourth-order valence-electron chi connectivity index (χ4n) is 3.65. The van der Waals surface area contributed by atoms with Crippen LogP contribution in [0.3, 0.4) is 0 Å². The minimum absolute atomic E-state index is 0.0541. The van der Waals surface area contributed by atoms with Gasteiger partial charge in [0.25, 0.3) is 5.91 Å². The molecule has 0 bridgehead atoms. The number of nitrogens with one attached hydrogen (secondary N) is 2. The molecule has 0 saturated heterocycles. The number of hydrogen-bond donors (Lipinski definition) is 2. The highest BCUT2D eigenvalue weighted by molar-refractivity contribution is 6.01. The van der Waals surface area contributed by atoms with E-state index < -0.39 is 6.04 Å². The first-order chi connectivity index (χ1) is 13.1. The van der Waals surface area contributed by atoms with Crippen molar-refractivity contribution in [2.45, 2.75) is 19.5 Å². The standard InChI is InChI=1S/C21H21N3O3/c1-13-5-3-4-6-16(13)19-18-17(22-21(26)23-19)12-24(20(18)25)11-14-7-9-15(27-2)10-8-14/h3-10,19H,11-12H2,1-2H3,(H2,22,23,26)/t19-/m0/s1. The molecule has 6 nitrogen and oxygen atoms in total. The fraction of sp³-hybridized carbons (Fsp3) is 0.238. The van der Waals surface area contributed by atoms with Crippen LogP contribution in [0.15, 0.2) is 59.8 Å². The van der Waals surface area contributed by atoms with Crippen LogP contribution in [0, 0.1) is 6.92 Å². The zero-order chi connectivity index (χ0) is 19.0. The highest BCUT2D eigenvalue weighted by Gasteiger charge is 2.40. The van der Waals surface area contributed by atoms with Gasteiger partial charge in [-0.15, -0.1) is 0 Å². The predicted molar refractivity (Wildman–Crippen MR) is 101 cm³/mol. The first-order valence-electron chi connectivity index (χ1n) is 8.85. The van der Waals surface area contributed by atoms with Crippen molar-refractivity contribution in [1.82, 2.24) is 15.5 Å². The second-order valence-electron chi connectivity index (χ2n) is 6.79. The van der Waals surface area contributed by atoms with Gasteiger partial charge in [-0.1, -0.05) is 36.4 Å². The number of benzene rings is 2. The summed E-state index contributed by atoms with van der Waals surface area (Å²) < 4.78 is 5.18. The van der Waals surface area contributed by atoms with Gasteiger partial charge in [0.2, 0.25) is 0 Å². The Morgan fingerprint density at radius 1 is 1.11 bits per heavy atom. The maximum absolute atomic E-state index is 13.1. The van der Waals surface area contributed by atoms with Crippen LogP contribution in [-0.4, -0.2) is 30.5 Å². The van der Waals surface area contributed by atoms with Gasteiger partial charge in [-0.3, -0.25) is 4.79 Å². The maximum atomic E-state index is 13.1. The molecule has 4 rings (SSSR count). The number of hydrogen-bond acceptors (Lipinski definition) is 3. The quantitative estimate of drug-likeness (QED) is 0.877. The van der Waals surface area contributed by atoms with Gasteiger partial charge in [-0.25, -0.2) is 4.79 Å². The largest absolute Gasteiger partial charge is 0.497 e. The third kappa shape index (κ3) is 3.14. The number of urea groups is 1. The highest BCUT2D eigenvalue weighted by Crippen LogP contribution is 2.34. The molecule has 2 aromatic carbocycles. The van der Waals surface area contributed by atoms with E-state index >= 15 is 0 Å². The van der Waals surface area contributed by atoms with E-state index in [4.69, 9.17) is 4.74 Å². The molecule has 0 aliphatic carbocycles. The molecule has 0 spiro atoms. The molecule has 2 heterocycles. The van der Waals surface area contributed by atoms with Crippen molar-refractivity contribution in [1.29, 1.82) is 0 Å². The van der Waals surface area contributed by atoms with Crippen LogP contribution >= 0.6 is 0 Å². The molecule has 138 valence electrons. The number of amides is 3. The molecule has 6 heteroatoms. The number of ether oxygens (including phenoxy) is 1. The number of carbonyl (C=O) groups excluding carboxylic acids is 2. The van der Waals surface area contributed by atoms with E-state index in [-0.39, 0.29) is 11.9 Å². The van der Waals surface area contributed by atoms with Crippen LogP contribution in [0.2, 0.25) is 0 Å². The molecule has 2 aliphatic rings. The fourth-order valence-corrected chi connectivity index (χ4v) is 3.65. The van der Waals surface area contributed by atoms with Crippen molar-refractivity contribution in [3.63, 3.8) is 0 Å². The highest BCUT2D eigenvalue weighted by atomic mass is 16.5. The van der Waals surface area contributed by atoms with Crippen LogP contribution in [0.4, 0.5) is 4.79 Å². The summed E-state index contributed by atoms with van der Waals surface area (Å²) >= 11 is 0. The zero-order valence-corrected chi connectivity index (χ0v) is 15.3. The van der Waals surface area contributed by atoms with Crippen molar-refractivity contribution >= 4 is 11.9 Å². The Hall–Kier alpha value is -3.28. The van der Waals surface area contributed by atoms with Crippen LogP contribution in [0.25, 0.3) is 0 Å². The maximum Gasteiger partial charge on any atom is 0.319 e. The summed E-state index contributed by atoms with van der Waals surface area (Å²) in [5, 5.41) is 5.71. The molecule has 3 amide bonds. The summed E-state index contributed by atoms with van der Waals surface area (Å²) in [7, 11) is 1.62. The topological polar surface area (TPSA) is 70.7 Å². The summed E-state index contributed by atoms with van der Waals surface area (Å²) in [5.74, 6) is 0.724. The lowest BCUT2D eigenvalue weighted by molar-refractivity contribution is -0.126. The molecular weight excluding hydrogens is 342 g/mol. The van der Waals surface area contributed by atoms with Crippen LogP contribution in [0.1, 0.15) is 22.7 Å². The Kier molecular flexibility index (Phi) is 4.32. The molecule has 2 aliphatic heterocycles. The summed E-state index contributed by atoms with van der Waals surface area (Å²) in [6.45, 7) is 2.86. The van der Waals surface area contributed by atoms with Crippen LogP contribution in [-0.2, 0) is 11.3 Å².